The van der Waals surface area contributed by atoms with Crippen LogP contribution in [-0.4, -0.2) is 52.6 Å². The second-order valence-electron chi connectivity index (χ2n) is 16.2. The van der Waals surface area contributed by atoms with Gasteiger partial charge in [0.2, 0.25) is 0 Å². The fraction of sp³-hybridized carbons (Fsp3) is 0.591. The highest BCUT2D eigenvalue weighted by Gasteiger charge is 2.41. The summed E-state index contributed by atoms with van der Waals surface area (Å²) in [6.07, 6.45) is 8.27. The van der Waals surface area contributed by atoms with E-state index in [4.69, 9.17) is 23.4 Å². The molecule has 7 heteroatoms. The molecule has 0 radical (unpaired) electrons. The van der Waals surface area contributed by atoms with Gasteiger partial charge in [-0.25, -0.2) is 0 Å². The van der Waals surface area contributed by atoms with E-state index in [2.05, 4.69) is 94.1 Å². The van der Waals surface area contributed by atoms with E-state index in [9.17, 15) is 5.11 Å². The Morgan fingerprint density at radius 2 is 1.33 bits per heavy atom. The Morgan fingerprint density at radius 3 is 1.82 bits per heavy atom. The topological polar surface area (TPSA) is 66.4 Å². The van der Waals surface area contributed by atoms with Crippen LogP contribution in [0.5, 0.6) is 11.5 Å². The van der Waals surface area contributed by atoms with Crippen LogP contribution in [0.15, 0.2) is 85.0 Å². The van der Waals surface area contributed by atoms with Gasteiger partial charge >= 0.3 is 0 Å². The molecule has 0 aliphatic carbocycles. The summed E-state index contributed by atoms with van der Waals surface area (Å²) in [5, 5.41) is 11.8. The summed E-state index contributed by atoms with van der Waals surface area (Å²) >= 11 is 0. The number of allylic oxidation sites excluding steroid dienone is 3. The van der Waals surface area contributed by atoms with Gasteiger partial charge in [0.15, 0.2) is 8.32 Å². The van der Waals surface area contributed by atoms with Gasteiger partial charge in [-0.2, -0.15) is 0 Å². The van der Waals surface area contributed by atoms with E-state index >= 15 is 0 Å². The molecule has 0 unspecified atom stereocenters. The molecule has 2 rings (SSSR count). The van der Waals surface area contributed by atoms with Crippen LogP contribution in [-0.2, 0) is 27.1 Å². The Hall–Kier alpha value is -2.68. The van der Waals surface area contributed by atoms with Crippen molar-refractivity contribution < 1.29 is 28.5 Å². The lowest BCUT2D eigenvalue weighted by atomic mass is 9.81. The zero-order valence-electron chi connectivity index (χ0n) is 34.1. The Kier molecular flexibility index (Phi) is 18.4. The van der Waals surface area contributed by atoms with E-state index in [1.54, 1.807) is 20.3 Å². The lowest BCUT2D eigenvalue weighted by Crippen LogP contribution is -2.47. The van der Waals surface area contributed by atoms with Gasteiger partial charge in [0.05, 0.1) is 52.4 Å². The summed E-state index contributed by atoms with van der Waals surface area (Å²) in [5.74, 6) is 2.06. The molecular weight excluding hydrogens is 653 g/mol. The van der Waals surface area contributed by atoms with Crippen LogP contribution in [0.25, 0.3) is 0 Å². The maximum Gasteiger partial charge on any atom is 0.192 e. The van der Waals surface area contributed by atoms with Gasteiger partial charge in [-0.1, -0.05) is 116 Å². The molecule has 0 spiro atoms. The summed E-state index contributed by atoms with van der Waals surface area (Å²) in [6.45, 7) is 30.1. The number of aliphatic hydroxyl groups excluding tert-OH is 1. The van der Waals surface area contributed by atoms with Gasteiger partial charge < -0.3 is 28.5 Å². The first-order valence-electron chi connectivity index (χ1n) is 18.7. The van der Waals surface area contributed by atoms with Crippen molar-refractivity contribution in [3.63, 3.8) is 0 Å². The largest absolute Gasteiger partial charge is 0.497 e. The van der Waals surface area contributed by atoms with Crippen molar-refractivity contribution in [3.8, 4) is 11.5 Å². The van der Waals surface area contributed by atoms with Crippen molar-refractivity contribution in [3.05, 3.63) is 96.1 Å². The lowest BCUT2D eigenvalue weighted by molar-refractivity contribution is -0.0686. The molecule has 2 aromatic carbocycles. The average molecular weight is 723 g/mol. The third kappa shape index (κ3) is 14.3. The number of benzene rings is 2. The average Bonchev–Trinajstić information content (AvgIpc) is 3.09. The van der Waals surface area contributed by atoms with Crippen LogP contribution >= 0.6 is 0 Å². The maximum absolute atomic E-state index is 11.7. The zero-order chi connectivity index (χ0) is 38.4. The second kappa shape index (κ2) is 21.1. The number of rotatable bonds is 22. The molecule has 0 saturated heterocycles. The third-order valence-corrected chi connectivity index (χ3v) is 15.1. The molecule has 6 nitrogen and oxygen atoms in total. The minimum atomic E-state index is -2.06. The molecule has 286 valence electrons. The normalized spacial score (nSPS) is 17.6. The quantitative estimate of drug-likeness (QED) is 0.0741. The number of methoxy groups -OCH3 is 2. The lowest BCUT2D eigenvalue weighted by Gasteiger charge is -2.42. The van der Waals surface area contributed by atoms with Gasteiger partial charge in [0, 0.05) is 17.8 Å². The van der Waals surface area contributed by atoms with E-state index in [0.29, 0.717) is 19.8 Å². The minimum Gasteiger partial charge on any atom is -0.497 e. The Labute approximate surface area is 312 Å². The van der Waals surface area contributed by atoms with Crippen molar-refractivity contribution in [1.82, 2.24) is 0 Å². The van der Waals surface area contributed by atoms with Crippen molar-refractivity contribution in [2.75, 3.05) is 20.8 Å². The summed E-state index contributed by atoms with van der Waals surface area (Å²) in [4.78, 5) is 0. The van der Waals surface area contributed by atoms with Gasteiger partial charge in [-0.3, -0.25) is 0 Å². The molecule has 0 bridgehead atoms. The Balaban J connectivity index is 2.18. The van der Waals surface area contributed by atoms with E-state index in [-0.39, 0.29) is 46.8 Å². The van der Waals surface area contributed by atoms with Crippen molar-refractivity contribution >= 4 is 8.32 Å². The molecule has 0 saturated carbocycles. The second-order valence-corrected chi connectivity index (χ2v) is 20.9. The first-order chi connectivity index (χ1) is 23.9. The SMILES string of the molecule is C=C/C=C\[C@H](C)[C@H](OCc1ccc(OC)cc1)[C@@H](C)[C@H](O)[C@@H](C)C/C(C)=C\[C@H](C)[C@@H](O[Si](C)(C)C(C)(C)C)[C@@H](C)COCc1ccc(OC)cc1. The predicted molar refractivity (Wildman–Crippen MR) is 216 cm³/mol. The molecule has 51 heavy (non-hydrogen) atoms. The molecule has 0 amide bonds. The van der Waals surface area contributed by atoms with E-state index < -0.39 is 14.4 Å². The van der Waals surface area contributed by atoms with Crippen LogP contribution in [0.2, 0.25) is 18.1 Å². The van der Waals surface area contributed by atoms with E-state index in [1.807, 2.05) is 54.6 Å². The number of hydrogen-bond donors (Lipinski definition) is 1. The highest BCUT2D eigenvalue weighted by atomic mass is 28.4. The van der Waals surface area contributed by atoms with Crippen molar-refractivity contribution in [2.45, 2.75) is 118 Å². The molecule has 0 fully saturated rings. The first-order valence-corrected chi connectivity index (χ1v) is 21.6. The fourth-order valence-corrected chi connectivity index (χ4v) is 7.93. The van der Waals surface area contributed by atoms with Crippen LogP contribution in [0, 0.1) is 29.6 Å². The molecular formula is C44H70O6Si. The maximum atomic E-state index is 11.7. The number of hydrogen-bond acceptors (Lipinski definition) is 6. The van der Waals surface area contributed by atoms with Gasteiger partial charge in [0.1, 0.15) is 11.5 Å². The van der Waals surface area contributed by atoms with Gasteiger partial charge in [-0.15, -0.1) is 0 Å². The highest BCUT2D eigenvalue weighted by Crippen LogP contribution is 2.40. The van der Waals surface area contributed by atoms with Crippen molar-refractivity contribution in [2.24, 2.45) is 29.6 Å². The van der Waals surface area contributed by atoms with Crippen LogP contribution in [0.4, 0.5) is 0 Å². The smallest absolute Gasteiger partial charge is 0.192 e. The molecule has 2 aromatic rings. The highest BCUT2D eigenvalue weighted by molar-refractivity contribution is 6.74. The minimum absolute atomic E-state index is 0.00379. The molecule has 0 aromatic heterocycles. The molecule has 1 N–H and O–H groups in total. The standard InChI is InChI=1S/C44H70O6Si/c1-15-16-17-32(3)43(49-30-38-20-24-40(47-12)25-21-38)36(7)41(45)33(4)26-31(2)27-34(5)42(50-51(13,14)44(8,9)10)35(6)28-48-29-37-18-22-39(46-11)23-19-37/h15-25,27,32-36,41-43,45H,1,26,28-30H2,2-14H3/b17-16-,31-27-/t32-,33-,34-,35-,36-,41+,42+,43-/m0/s1. The van der Waals surface area contributed by atoms with Gasteiger partial charge in [-0.05, 0) is 78.7 Å². The number of aliphatic hydroxyl groups is 1. The predicted octanol–water partition coefficient (Wildman–Crippen LogP) is 10.8. The molecule has 0 aliphatic heterocycles. The summed E-state index contributed by atoms with van der Waals surface area (Å²) in [7, 11) is 1.28. The monoisotopic (exact) mass is 722 g/mol. The van der Waals surface area contributed by atoms with E-state index in [0.717, 1.165) is 29.0 Å². The summed E-state index contributed by atoms with van der Waals surface area (Å²) in [5.41, 5.74) is 3.44. The Bertz CT molecular complexity index is 1340. The van der Waals surface area contributed by atoms with E-state index in [1.165, 1.54) is 5.57 Å². The third-order valence-electron chi connectivity index (χ3n) is 10.6. The first kappa shape index (κ1) is 44.5. The van der Waals surface area contributed by atoms with Crippen LogP contribution < -0.4 is 9.47 Å². The van der Waals surface area contributed by atoms with Gasteiger partial charge in [0.25, 0.3) is 0 Å². The van der Waals surface area contributed by atoms with Crippen LogP contribution in [0.1, 0.15) is 79.9 Å². The van der Waals surface area contributed by atoms with Crippen molar-refractivity contribution in [1.29, 1.82) is 0 Å². The number of ether oxygens (including phenoxy) is 4. The van der Waals surface area contributed by atoms with Crippen LogP contribution in [0.3, 0.4) is 0 Å². The molecule has 8 atom stereocenters. The zero-order valence-corrected chi connectivity index (χ0v) is 35.1. The molecule has 0 heterocycles. The summed E-state index contributed by atoms with van der Waals surface area (Å²) in [6, 6.07) is 16.0. The Morgan fingerprint density at radius 1 is 0.804 bits per heavy atom. The fourth-order valence-electron chi connectivity index (χ4n) is 6.45. The summed E-state index contributed by atoms with van der Waals surface area (Å²) < 4.78 is 30.5. The molecule has 0 aliphatic rings.